The van der Waals surface area contributed by atoms with E-state index in [-0.39, 0.29) is 11.7 Å². The molecule has 0 aliphatic heterocycles. The van der Waals surface area contributed by atoms with Crippen LogP contribution in [0.15, 0.2) is 28.9 Å². The Bertz CT molecular complexity index is 834. The first-order chi connectivity index (χ1) is 11.5. The number of aromatic nitrogens is 3. The second-order valence-corrected chi connectivity index (χ2v) is 6.16. The molecule has 0 amide bonds. The quantitative estimate of drug-likeness (QED) is 0.693. The molecule has 0 aliphatic carbocycles. The molecule has 128 valence electrons. The fourth-order valence-electron chi connectivity index (χ4n) is 2.32. The Morgan fingerprint density at radius 1 is 1.46 bits per heavy atom. The molecule has 0 spiro atoms. The van der Waals surface area contributed by atoms with Crippen LogP contribution in [0.5, 0.6) is 0 Å². The number of fused-ring (bicyclic) bond motifs is 1. The van der Waals surface area contributed by atoms with Gasteiger partial charge in [0.25, 0.3) is 0 Å². The zero-order valence-electron chi connectivity index (χ0n) is 12.8. The Balaban J connectivity index is 1.94. The fraction of sp³-hybridized carbons (Fsp3) is 0.333. The number of nitrogens with two attached hydrogens (primary N) is 1. The van der Waals surface area contributed by atoms with Crippen molar-refractivity contribution >= 4 is 34.5 Å². The number of rotatable bonds is 6. The molecule has 24 heavy (non-hydrogen) atoms. The molecule has 9 heteroatoms. The number of anilines is 1. The molecule has 3 heterocycles. The van der Waals surface area contributed by atoms with Crippen molar-refractivity contribution in [3.8, 4) is 0 Å². The van der Waals surface area contributed by atoms with E-state index in [1.807, 2.05) is 6.07 Å². The molecule has 0 saturated carbocycles. The van der Waals surface area contributed by atoms with E-state index in [1.54, 1.807) is 18.4 Å². The third kappa shape index (κ3) is 3.48. The van der Waals surface area contributed by atoms with Crippen LogP contribution in [0.3, 0.4) is 0 Å². The Kier molecular flexibility index (Phi) is 4.93. The second-order valence-electron chi connectivity index (χ2n) is 5.47. The molecule has 3 aromatic rings. The van der Waals surface area contributed by atoms with Crippen molar-refractivity contribution in [1.29, 1.82) is 0 Å². The molecule has 3 rings (SSSR count). The molecule has 3 N–H and O–H groups in total. The molecule has 3 aromatic heterocycles. The lowest BCUT2D eigenvalue weighted by Gasteiger charge is -2.11. The maximum absolute atomic E-state index is 13.3. The summed E-state index contributed by atoms with van der Waals surface area (Å²) >= 11 is 12.3. The van der Waals surface area contributed by atoms with E-state index in [1.165, 1.54) is 11.4 Å². The van der Waals surface area contributed by atoms with Crippen LogP contribution < -0.4 is 11.1 Å². The van der Waals surface area contributed by atoms with Gasteiger partial charge in [0, 0.05) is 6.04 Å². The van der Waals surface area contributed by atoms with Crippen LogP contribution in [0, 0.1) is 0 Å². The molecular formula is C15H16Cl2FN5O. The van der Waals surface area contributed by atoms with Gasteiger partial charge in [-0.2, -0.15) is 4.98 Å². The minimum Gasteiger partial charge on any atom is -0.467 e. The summed E-state index contributed by atoms with van der Waals surface area (Å²) in [4.78, 5) is 4.19. The highest BCUT2D eigenvalue weighted by atomic mass is 35.5. The number of nitrogens with one attached hydrogen (secondary N) is 1. The Hall–Kier alpha value is -1.83. The largest absolute Gasteiger partial charge is 0.467 e. The third-order valence-electron chi connectivity index (χ3n) is 3.68. The minimum absolute atomic E-state index is 0.0386. The van der Waals surface area contributed by atoms with E-state index >= 15 is 0 Å². The summed E-state index contributed by atoms with van der Waals surface area (Å²) in [5.41, 5.74) is 7.11. The minimum atomic E-state index is -1.14. The molecule has 0 saturated heterocycles. The number of hydrogen-bond acceptors (Lipinski definition) is 5. The van der Waals surface area contributed by atoms with Crippen molar-refractivity contribution in [2.45, 2.75) is 32.1 Å². The SMILES string of the molecule is C[C@H](F)[C@H](N)Cc1cc2c(NCc3ccco3)nc(Cl)nn2c1Cl. The average Bonchev–Trinajstić information content (AvgIpc) is 3.15. The molecule has 0 aromatic carbocycles. The van der Waals surface area contributed by atoms with Crippen molar-refractivity contribution in [3.05, 3.63) is 46.2 Å². The van der Waals surface area contributed by atoms with Gasteiger partial charge in [0.15, 0.2) is 5.82 Å². The van der Waals surface area contributed by atoms with E-state index in [0.717, 1.165) is 5.76 Å². The molecular weight excluding hydrogens is 356 g/mol. The summed E-state index contributed by atoms with van der Waals surface area (Å²) in [7, 11) is 0. The maximum Gasteiger partial charge on any atom is 0.243 e. The van der Waals surface area contributed by atoms with E-state index in [9.17, 15) is 4.39 Å². The topological polar surface area (TPSA) is 81.4 Å². The smallest absolute Gasteiger partial charge is 0.243 e. The van der Waals surface area contributed by atoms with Gasteiger partial charge in [-0.1, -0.05) is 11.6 Å². The number of furan rings is 1. The van der Waals surface area contributed by atoms with Gasteiger partial charge in [-0.05, 0) is 48.7 Å². The number of alkyl halides is 1. The van der Waals surface area contributed by atoms with Gasteiger partial charge in [0.1, 0.15) is 22.6 Å². The monoisotopic (exact) mass is 371 g/mol. The second kappa shape index (κ2) is 6.96. The highest BCUT2D eigenvalue weighted by molar-refractivity contribution is 6.31. The molecule has 0 fully saturated rings. The van der Waals surface area contributed by atoms with Gasteiger partial charge in [0.2, 0.25) is 5.28 Å². The van der Waals surface area contributed by atoms with Gasteiger partial charge < -0.3 is 15.5 Å². The van der Waals surface area contributed by atoms with Crippen LogP contribution in [0.2, 0.25) is 10.4 Å². The van der Waals surface area contributed by atoms with E-state index in [4.69, 9.17) is 33.4 Å². The summed E-state index contributed by atoms with van der Waals surface area (Å²) in [6, 6.07) is 4.77. The van der Waals surface area contributed by atoms with Crippen LogP contribution in [0.1, 0.15) is 18.2 Å². The maximum atomic E-state index is 13.3. The van der Waals surface area contributed by atoms with Crippen molar-refractivity contribution in [3.63, 3.8) is 0 Å². The van der Waals surface area contributed by atoms with Crippen LogP contribution in [-0.2, 0) is 13.0 Å². The van der Waals surface area contributed by atoms with Crippen molar-refractivity contribution in [2.24, 2.45) is 5.73 Å². The third-order valence-corrected chi connectivity index (χ3v) is 4.24. The Labute approximate surface area is 147 Å². The van der Waals surface area contributed by atoms with Crippen molar-refractivity contribution in [1.82, 2.24) is 14.6 Å². The summed E-state index contributed by atoms with van der Waals surface area (Å²) in [5.74, 6) is 1.25. The van der Waals surface area contributed by atoms with Gasteiger partial charge in [-0.25, -0.2) is 8.91 Å². The Morgan fingerprint density at radius 3 is 2.92 bits per heavy atom. The highest BCUT2D eigenvalue weighted by Crippen LogP contribution is 2.27. The first kappa shape index (κ1) is 17.0. The Morgan fingerprint density at radius 2 is 2.25 bits per heavy atom. The summed E-state index contributed by atoms with van der Waals surface area (Å²) in [6.07, 6.45) is 0.732. The molecule has 2 atom stereocenters. The normalized spacial score (nSPS) is 14.0. The van der Waals surface area contributed by atoms with E-state index in [2.05, 4.69) is 15.4 Å². The van der Waals surface area contributed by atoms with Gasteiger partial charge in [-0.15, -0.1) is 5.10 Å². The summed E-state index contributed by atoms with van der Waals surface area (Å²) in [5, 5.41) is 7.61. The molecule has 0 unspecified atom stereocenters. The van der Waals surface area contributed by atoms with Gasteiger partial charge >= 0.3 is 0 Å². The lowest BCUT2D eigenvalue weighted by atomic mass is 10.1. The first-order valence-electron chi connectivity index (χ1n) is 7.35. The predicted molar refractivity (Wildman–Crippen MR) is 91.3 cm³/mol. The van der Waals surface area contributed by atoms with Gasteiger partial charge in [0.05, 0.1) is 12.8 Å². The molecule has 0 radical (unpaired) electrons. The molecule has 0 aliphatic rings. The first-order valence-corrected chi connectivity index (χ1v) is 8.11. The van der Waals surface area contributed by atoms with Crippen LogP contribution in [0.4, 0.5) is 10.2 Å². The van der Waals surface area contributed by atoms with E-state index < -0.39 is 12.2 Å². The lowest BCUT2D eigenvalue weighted by molar-refractivity contribution is 0.304. The molecule has 0 bridgehead atoms. The van der Waals surface area contributed by atoms with E-state index in [0.29, 0.717) is 28.6 Å². The average molecular weight is 372 g/mol. The van der Waals surface area contributed by atoms with Crippen molar-refractivity contribution < 1.29 is 8.81 Å². The van der Waals surface area contributed by atoms with Crippen LogP contribution in [-0.4, -0.2) is 26.8 Å². The summed E-state index contributed by atoms with van der Waals surface area (Å²) < 4.78 is 20.1. The predicted octanol–water partition coefficient (Wildman–Crippen LogP) is 3.47. The fourth-order valence-corrected chi connectivity index (χ4v) is 2.74. The van der Waals surface area contributed by atoms with Gasteiger partial charge in [-0.3, -0.25) is 0 Å². The van der Waals surface area contributed by atoms with Crippen LogP contribution in [0.25, 0.3) is 5.52 Å². The summed E-state index contributed by atoms with van der Waals surface area (Å²) in [6.45, 7) is 1.84. The number of halogens is 3. The van der Waals surface area contributed by atoms with Crippen LogP contribution >= 0.6 is 23.2 Å². The zero-order chi connectivity index (χ0) is 17.3. The van der Waals surface area contributed by atoms with Crippen molar-refractivity contribution in [2.75, 3.05) is 5.32 Å². The molecule has 6 nitrogen and oxygen atoms in total. The highest BCUT2D eigenvalue weighted by Gasteiger charge is 2.19. The number of nitrogens with zero attached hydrogens (tertiary/aromatic N) is 3. The lowest BCUT2D eigenvalue weighted by Crippen LogP contribution is -2.31. The standard InChI is InChI=1S/C15H16Cl2FN5O/c1-8(18)11(19)5-9-6-12-14(20-7-10-3-2-4-24-10)21-15(17)22-23(12)13(9)16/h2-4,6,8,11H,5,7,19H2,1H3,(H,20,21,22)/t8-,11+/m0/s1. The number of hydrogen-bond donors (Lipinski definition) is 2. The zero-order valence-corrected chi connectivity index (χ0v) is 14.4.